The summed E-state index contributed by atoms with van der Waals surface area (Å²) in [6.07, 6.45) is -7.08. The van der Waals surface area contributed by atoms with Crippen molar-refractivity contribution in [3.63, 3.8) is 0 Å². The second-order valence-corrected chi connectivity index (χ2v) is 3.06. The van der Waals surface area contributed by atoms with E-state index in [4.69, 9.17) is 10.8 Å². The molecule has 0 amide bonds. The molecule has 0 aliphatic rings. The van der Waals surface area contributed by atoms with Gasteiger partial charge < -0.3 is 10.8 Å². The lowest BCUT2D eigenvalue weighted by atomic mass is 10.1. The summed E-state index contributed by atoms with van der Waals surface area (Å²) in [6.45, 7) is 1.59. The Hall–Kier alpha value is -1.23. The van der Waals surface area contributed by atoms with Crippen LogP contribution in [0, 0.1) is 6.92 Å². The molecule has 78 valence electrons. The van der Waals surface area contributed by atoms with Gasteiger partial charge in [0.2, 0.25) is 0 Å². The minimum absolute atomic E-state index is 0.191. The monoisotopic (exact) mass is 205 g/mol. The molecular weight excluding hydrogens is 195 g/mol. The van der Waals surface area contributed by atoms with Crippen molar-refractivity contribution in [2.24, 2.45) is 0 Å². The summed E-state index contributed by atoms with van der Waals surface area (Å²) in [5.41, 5.74) is 6.17. The van der Waals surface area contributed by atoms with Gasteiger partial charge in [-0.3, -0.25) is 0 Å². The van der Waals surface area contributed by atoms with Gasteiger partial charge >= 0.3 is 6.18 Å². The normalized spacial score (nSPS) is 14.1. The second-order valence-electron chi connectivity index (χ2n) is 3.06. The minimum Gasteiger partial charge on any atom is -0.399 e. The number of aryl methyl sites for hydroxylation is 1. The zero-order valence-corrected chi connectivity index (χ0v) is 7.47. The summed E-state index contributed by atoms with van der Waals surface area (Å²) < 4.78 is 36.3. The molecule has 1 unspecified atom stereocenters. The Bertz CT molecular complexity index is 335. The molecule has 5 heteroatoms. The minimum atomic E-state index is -4.64. The highest BCUT2D eigenvalue weighted by molar-refractivity contribution is 5.48. The van der Waals surface area contributed by atoms with Gasteiger partial charge in [0.15, 0.2) is 6.10 Å². The van der Waals surface area contributed by atoms with E-state index in [2.05, 4.69) is 0 Å². The molecule has 1 atom stereocenters. The fraction of sp³-hybridized carbons (Fsp3) is 0.333. The third kappa shape index (κ3) is 2.17. The summed E-state index contributed by atoms with van der Waals surface area (Å²) in [5, 5.41) is 8.91. The van der Waals surface area contributed by atoms with Crippen molar-refractivity contribution in [2.45, 2.75) is 19.2 Å². The predicted molar refractivity (Wildman–Crippen MR) is 46.6 cm³/mol. The zero-order chi connectivity index (χ0) is 10.9. The first kappa shape index (κ1) is 10.8. The Morgan fingerprint density at radius 2 is 1.93 bits per heavy atom. The Balaban J connectivity index is 3.03. The lowest BCUT2D eigenvalue weighted by Crippen LogP contribution is -2.20. The molecule has 0 radical (unpaired) electrons. The summed E-state index contributed by atoms with van der Waals surface area (Å²) in [6, 6.07) is 3.74. The third-order valence-corrected chi connectivity index (χ3v) is 1.92. The number of aliphatic hydroxyl groups is 1. The lowest BCUT2D eigenvalue weighted by molar-refractivity contribution is -0.206. The number of benzene rings is 1. The summed E-state index contributed by atoms with van der Waals surface area (Å²) in [5.74, 6) is 0. The maximum Gasteiger partial charge on any atom is 0.418 e. The molecular formula is C9H10F3NO. The predicted octanol–water partition coefficient (Wildman–Crippen LogP) is 2.17. The highest BCUT2D eigenvalue weighted by atomic mass is 19.4. The molecule has 0 bridgehead atoms. The second kappa shape index (κ2) is 3.49. The first-order valence-corrected chi connectivity index (χ1v) is 3.93. The molecule has 0 heterocycles. The van der Waals surface area contributed by atoms with Gasteiger partial charge in [0.05, 0.1) is 0 Å². The fourth-order valence-electron chi connectivity index (χ4n) is 1.06. The van der Waals surface area contributed by atoms with E-state index < -0.39 is 12.3 Å². The molecule has 0 saturated carbocycles. The van der Waals surface area contributed by atoms with Crippen LogP contribution in [0.5, 0.6) is 0 Å². The van der Waals surface area contributed by atoms with Crippen LogP contribution in [-0.4, -0.2) is 11.3 Å². The molecule has 0 aliphatic carbocycles. The average Bonchev–Trinajstić information content (AvgIpc) is 2.07. The highest BCUT2D eigenvalue weighted by Crippen LogP contribution is 2.33. The van der Waals surface area contributed by atoms with Gasteiger partial charge in [0.1, 0.15) is 0 Å². The van der Waals surface area contributed by atoms with E-state index >= 15 is 0 Å². The van der Waals surface area contributed by atoms with E-state index in [1.54, 1.807) is 6.92 Å². The number of aliphatic hydroxyl groups excluding tert-OH is 1. The molecule has 1 rings (SSSR count). The largest absolute Gasteiger partial charge is 0.418 e. The Labute approximate surface area is 79.2 Å². The van der Waals surface area contributed by atoms with E-state index in [9.17, 15) is 13.2 Å². The number of anilines is 1. The quantitative estimate of drug-likeness (QED) is 0.690. The van der Waals surface area contributed by atoms with Crippen molar-refractivity contribution in [1.29, 1.82) is 0 Å². The van der Waals surface area contributed by atoms with Gasteiger partial charge in [-0.05, 0) is 24.1 Å². The SMILES string of the molecule is Cc1cc(C(O)C(F)(F)F)ccc1N. The number of hydrogen-bond acceptors (Lipinski definition) is 2. The van der Waals surface area contributed by atoms with Gasteiger partial charge in [-0.15, -0.1) is 0 Å². The molecule has 1 aromatic carbocycles. The van der Waals surface area contributed by atoms with Crippen LogP contribution in [0.2, 0.25) is 0 Å². The van der Waals surface area contributed by atoms with Crippen LogP contribution in [0.15, 0.2) is 18.2 Å². The van der Waals surface area contributed by atoms with Crippen molar-refractivity contribution >= 4 is 5.69 Å². The Morgan fingerprint density at radius 1 is 1.36 bits per heavy atom. The summed E-state index contributed by atoms with van der Waals surface area (Å²) in [7, 11) is 0. The first-order chi connectivity index (χ1) is 6.32. The summed E-state index contributed by atoms with van der Waals surface area (Å²) >= 11 is 0. The van der Waals surface area contributed by atoms with Crippen molar-refractivity contribution in [1.82, 2.24) is 0 Å². The molecule has 2 nitrogen and oxygen atoms in total. The van der Waals surface area contributed by atoms with Crippen LogP contribution in [0.1, 0.15) is 17.2 Å². The molecule has 0 aromatic heterocycles. The van der Waals surface area contributed by atoms with Crippen LogP contribution >= 0.6 is 0 Å². The fourth-order valence-corrected chi connectivity index (χ4v) is 1.06. The van der Waals surface area contributed by atoms with Crippen LogP contribution in [-0.2, 0) is 0 Å². The Kier molecular flexibility index (Phi) is 2.71. The number of halogens is 3. The van der Waals surface area contributed by atoms with E-state index in [0.29, 0.717) is 11.3 Å². The first-order valence-electron chi connectivity index (χ1n) is 3.93. The maximum absolute atomic E-state index is 12.1. The number of rotatable bonds is 1. The third-order valence-electron chi connectivity index (χ3n) is 1.92. The van der Waals surface area contributed by atoms with E-state index in [1.807, 2.05) is 0 Å². The molecule has 14 heavy (non-hydrogen) atoms. The molecule has 1 aromatic rings. The average molecular weight is 205 g/mol. The number of nitrogens with two attached hydrogens (primary N) is 1. The van der Waals surface area contributed by atoms with Crippen molar-refractivity contribution in [2.75, 3.05) is 5.73 Å². The molecule has 0 aliphatic heterocycles. The maximum atomic E-state index is 12.1. The topological polar surface area (TPSA) is 46.2 Å². The summed E-state index contributed by atoms with van der Waals surface area (Å²) in [4.78, 5) is 0. The number of alkyl halides is 3. The van der Waals surface area contributed by atoms with Crippen LogP contribution < -0.4 is 5.73 Å². The van der Waals surface area contributed by atoms with Gasteiger partial charge in [-0.2, -0.15) is 13.2 Å². The van der Waals surface area contributed by atoms with Gasteiger partial charge in [-0.25, -0.2) is 0 Å². The van der Waals surface area contributed by atoms with Crippen molar-refractivity contribution in [3.8, 4) is 0 Å². The molecule has 0 saturated heterocycles. The lowest BCUT2D eigenvalue weighted by Gasteiger charge is -2.15. The zero-order valence-electron chi connectivity index (χ0n) is 7.47. The van der Waals surface area contributed by atoms with E-state index in [1.165, 1.54) is 18.2 Å². The molecule has 0 fully saturated rings. The highest BCUT2D eigenvalue weighted by Gasteiger charge is 2.39. The standard InChI is InChI=1S/C9H10F3NO/c1-5-4-6(2-3-7(5)13)8(14)9(10,11)12/h2-4,8,14H,13H2,1H3. The van der Waals surface area contributed by atoms with Gasteiger partial charge in [-0.1, -0.05) is 12.1 Å². The van der Waals surface area contributed by atoms with E-state index in [0.717, 1.165) is 0 Å². The van der Waals surface area contributed by atoms with Crippen molar-refractivity contribution < 1.29 is 18.3 Å². The smallest absolute Gasteiger partial charge is 0.399 e. The van der Waals surface area contributed by atoms with Crippen LogP contribution in [0.25, 0.3) is 0 Å². The number of hydrogen-bond donors (Lipinski definition) is 2. The Morgan fingerprint density at radius 3 is 2.36 bits per heavy atom. The molecule has 3 N–H and O–H groups in total. The van der Waals surface area contributed by atoms with Crippen molar-refractivity contribution in [3.05, 3.63) is 29.3 Å². The molecule has 0 spiro atoms. The van der Waals surface area contributed by atoms with Gasteiger partial charge in [0.25, 0.3) is 0 Å². The van der Waals surface area contributed by atoms with Crippen LogP contribution in [0.4, 0.5) is 18.9 Å². The number of nitrogen functional groups attached to an aromatic ring is 1. The van der Waals surface area contributed by atoms with Gasteiger partial charge in [0, 0.05) is 5.69 Å². The van der Waals surface area contributed by atoms with Crippen LogP contribution in [0.3, 0.4) is 0 Å². The van der Waals surface area contributed by atoms with E-state index in [-0.39, 0.29) is 5.56 Å².